The van der Waals surface area contributed by atoms with E-state index in [-0.39, 0.29) is 42.5 Å². The number of hydrazine groups is 1. The largest absolute Gasteiger partial charge is 0.461 e. The van der Waals surface area contributed by atoms with E-state index < -0.39 is 18.2 Å². The van der Waals surface area contributed by atoms with Crippen molar-refractivity contribution in [1.29, 1.82) is 0 Å². The molecule has 4 rings (SSSR count). The Morgan fingerprint density at radius 1 is 1.12 bits per heavy atom. The van der Waals surface area contributed by atoms with E-state index in [2.05, 4.69) is 10.5 Å². The van der Waals surface area contributed by atoms with Crippen LogP contribution in [-0.2, 0) is 19.0 Å². The molecule has 0 radical (unpaired) electrons. The number of hydrogen-bond acceptors (Lipinski definition) is 8. The number of nitrogens with one attached hydrogen (secondary N) is 1. The predicted molar refractivity (Wildman–Crippen MR) is 82.1 cm³/mol. The van der Waals surface area contributed by atoms with Crippen LogP contribution >= 0.6 is 0 Å². The molecule has 0 spiro atoms. The monoisotopic (exact) mass is 352 g/mol. The Kier molecular flexibility index (Phi) is 3.51. The zero-order valence-corrected chi connectivity index (χ0v) is 14.2. The van der Waals surface area contributed by atoms with Gasteiger partial charge in [-0.05, 0) is 19.3 Å². The quantitative estimate of drug-likeness (QED) is 0.548. The number of fused-ring (bicyclic) bond motifs is 8. The van der Waals surface area contributed by atoms with Gasteiger partial charge in [-0.15, -0.1) is 0 Å². The summed E-state index contributed by atoms with van der Waals surface area (Å²) < 4.78 is 14.7. The van der Waals surface area contributed by atoms with E-state index in [1.165, 1.54) is 24.2 Å². The Morgan fingerprint density at radius 2 is 1.72 bits per heavy atom. The minimum absolute atomic E-state index is 0.0122. The molecule has 1 saturated heterocycles. The van der Waals surface area contributed by atoms with Gasteiger partial charge < -0.3 is 19.6 Å². The lowest BCUT2D eigenvalue weighted by Crippen LogP contribution is -2.78. The number of amides is 2. The van der Waals surface area contributed by atoms with Gasteiger partial charge in [-0.25, -0.2) is 24.4 Å². The first-order valence-corrected chi connectivity index (χ1v) is 8.29. The second-order valence-corrected chi connectivity index (χ2v) is 6.57. The van der Waals surface area contributed by atoms with Crippen LogP contribution in [0.5, 0.6) is 0 Å². The van der Waals surface area contributed by atoms with Gasteiger partial charge in [0, 0.05) is 11.8 Å². The Labute approximate surface area is 144 Å². The zero-order chi connectivity index (χ0) is 17.9. The van der Waals surface area contributed by atoms with Gasteiger partial charge >= 0.3 is 18.2 Å². The summed E-state index contributed by atoms with van der Waals surface area (Å²) in [6.45, 7) is 2.02. The molecule has 2 aliphatic heterocycles. The molecule has 0 aromatic carbocycles. The van der Waals surface area contributed by atoms with Crippen molar-refractivity contribution in [3.63, 3.8) is 0 Å². The predicted octanol–water partition coefficient (Wildman–Crippen LogP) is -0.0542. The molecule has 25 heavy (non-hydrogen) atoms. The van der Waals surface area contributed by atoms with E-state index in [0.29, 0.717) is 5.71 Å². The van der Waals surface area contributed by atoms with Gasteiger partial charge in [0.1, 0.15) is 0 Å². The first-order chi connectivity index (χ1) is 12.0. The van der Waals surface area contributed by atoms with Crippen molar-refractivity contribution < 1.29 is 28.6 Å². The highest BCUT2D eigenvalue weighted by molar-refractivity contribution is 6.38. The Hall–Kier alpha value is -2.52. The van der Waals surface area contributed by atoms with E-state index in [9.17, 15) is 14.4 Å². The minimum Gasteiger partial charge on any atom is -0.461 e. The van der Waals surface area contributed by atoms with Gasteiger partial charge in [0.25, 0.3) is 0 Å². The molecule has 10 heteroatoms. The number of nitrogens with zero attached hydrogens (tertiary/aromatic N) is 3. The number of rotatable bonds is 2. The maximum atomic E-state index is 12.2. The van der Waals surface area contributed by atoms with Crippen LogP contribution in [0, 0.1) is 17.8 Å². The molecule has 0 aromatic rings. The average molecular weight is 352 g/mol. The summed E-state index contributed by atoms with van der Waals surface area (Å²) in [4.78, 5) is 36.5. The molecule has 0 aromatic heterocycles. The fourth-order valence-corrected chi connectivity index (χ4v) is 4.98. The van der Waals surface area contributed by atoms with Gasteiger partial charge in [-0.3, -0.25) is 0 Å². The van der Waals surface area contributed by atoms with Crippen LogP contribution in [0.2, 0.25) is 0 Å². The molecular formula is C15H20N4O6. The fraction of sp³-hybridized carbons (Fsp3) is 0.733. The Balaban J connectivity index is 1.62. The van der Waals surface area contributed by atoms with Crippen molar-refractivity contribution in [2.45, 2.75) is 31.5 Å². The maximum Gasteiger partial charge on any atom is 0.429 e. The number of hydrogen-bond donors (Lipinski definition) is 1. The van der Waals surface area contributed by atoms with Crippen LogP contribution in [0.3, 0.4) is 0 Å². The minimum atomic E-state index is -0.615. The molecule has 136 valence electrons. The number of methoxy groups -OCH3 is 2. The van der Waals surface area contributed by atoms with Crippen LogP contribution < -0.4 is 5.43 Å². The molecule has 2 aliphatic carbocycles. The van der Waals surface area contributed by atoms with E-state index in [1.54, 1.807) is 6.92 Å². The van der Waals surface area contributed by atoms with Crippen molar-refractivity contribution in [3.8, 4) is 0 Å². The summed E-state index contributed by atoms with van der Waals surface area (Å²) in [6, 6.07) is -0.419. The first kappa shape index (κ1) is 16.0. The molecule has 4 aliphatic rings. The molecule has 2 heterocycles. The van der Waals surface area contributed by atoms with Gasteiger partial charge in [-0.2, -0.15) is 5.10 Å². The van der Waals surface area contributed by atoms with Crippen molar-refractivity contribution in [2.24, 2.45) is 22.9 Å². The highest BCUT2D eigenvalue weighted by atomic mass is 16.6. The van der Waals surface area contributed by atoms with E-state index in [0.717, 1.165) is 6.42 Å². The summed E-state index contributed by atoms with van der Waals surface area (Å²) in [5, 5.41) is 6.80. The third-order valence-electron chi connectivity index (χ3n) is 5.74. The second-order valence-electron chi connectivity index (χ2n) is 6.57. The van der Waals surface area contributed by atoms with E-state index in [4.69, 9.17) is 14.2 Å². The lowest BCUT2D eigenvalue weighted by molar-refractivity contribution is -0.184. The van der Waals surface area contributed by atoms with Gasteiger partial charge in [0.2, 0.25) is 0 Å². The highest BCUT2D eigenvalue weighted by Crippen LogP contribution is 2.58. The molecular weight excluding hydrogens is 332 g/mol. The summed E-state index contributed by atoms with van der Waals surface area (Å²) in [6.07, 6.45) is -0.423. The third-order valence-corrected chi connectivity index (χ3v) is 5.74. The standard InChI is InChI=1S/C15H20N4O6/c1-4-25-13(20)10-8-6-5-7(9(8)16-17-10)12-11(6)18(14(21)23-2)19(12)15(22)24-3/h6-9,11-12,16H,4-5H2,1-3H3/t6-,7+,8?,9?,11-,12+/m0/s1. The van der Waals surface area contributed by atoms with Crippen molar-refractivity contribution in [3.05, 3.63) is 0 Å². The number of ether oxygens (including phenoxy) is 3. The molecule has 1 N–H and O–H groups in total. The highest BCUT2D eigenvalue weighted by Gasteiger charge is 2.73. The maximum absolute atomic E-state index is 12.2. The summed E-state index contributed by atoms with van der Waals surface area (Å²) in [5.74, 6) is -0.466. The number of carbonyl (C=O) groups is 3. The second kappa shape index (κ2) is 5.50. The lowest BCUT2D eigenvalue weighted by atomic mass is 9.74. The summed E-state index contributed by atoms with van der Waals surface area (Å²) in [5.41, 5.74) is 3.41. The first-order valence-electron chi connectivity index (χ1n) is 8.29. The molecule has 2 bridgehead atoms. The third kappa shape index (κ3) is 1.90. The molecule has 6 atom stereocenters. The van der Waals surface area contributed by atoms with Gasteiger partial charge in [-0.1, -0.05) is 0 Å². The van der Waals surface area contributed by atoms with Crippen molar-refractivity contribution >= 4 is 23.9 Å². The number of esters is 1. The Bertz CT molecular complexity index is 666. The van der Waals surface area contributed by atoms with Crippen LogP contribution in [0.4, 0.5) is 9.59 Å². The summed E-state index contributed by atoms with van der Waals surface area (Å²) in [7, 11) is 2.54. The summed E-state index contributed by atoms with van der Waals surface area (Å²) >= 11 is 0. The van der Waals surface area contributed by atoms with Crippen molar-refractivity contribution in [2.75, 3.05) is 20.8 Å². The molecule has 2 saturated carbocycles. The lowest BCUT2D eigenvalue weighted by Gasteiger charge is -2.58. The SMILES string of the molecule is CCOC(=O)C1=NNC2C1[C@@H]1C[C@H]2[C@@H]2[C@H]1N(C(=O)OC)N2C(=O)OC. The van der Waals surface area contributed by atoms with Crippen LogP contribution in [-0.4, -0.2) is 72.8 Å². The normalized spacial score (nSPS) is 36.7. The average Bonchev–Trinajstić information content (AvgIpc) is 3.23. The topological polar surface area (TPSA) is 110 Å². The fourth-order valence-electron chi connectivity index (χ4n) is 4.98. The smallest absolute Gasteiger partial charge is 0.429 e. The zero-order valence-electron chi connectivity index (χ0n) is 14.2. The molecule has 2 amide bonds. The number of hydrazone groups is 1. The van der Waals surface area contributed by atoms with E-state index in [1.807, 2.05) is 0 Å². The molecule has 10 nitrogen and oxygen atoms in total. The van der Waals surface area contributed by atoms with Gasteiger partial charge in [0.05, 0.1) is 39.0 Å². The van der Waals surface area contributed by atoms with Gasteiger partial charge in [0.15, 0.2) is 5.71 Å². The van der Waals surface area contributed by atoms with Crippen LogP contribution in [0.15, 0.2) is 5.10 Å². The molecule has 3 fully saturated rings. The van der Waals surface area contributed by atoms with E-state index >= 15 is 0 Å². The van der Waals surface area contributed by atoms with Crippen LogP contribution in [0.25, 0.3) is 0 Å². The number of carbonyl (C=O) groups excluding carboxylic acids is 3. The Morgan fingerprint density at radius 3 is 2.28 bits per heavy atom. The van der Waals surface area contributed by atoms with Crippen molar-refractivity contribution in [1.82, 2.24) is 15.4 Å². The van der Waals surface area contributed by atoms with Crippen LogP contribution in [0.1, 0.15) is 13.3 Å². The molecule has 2 unspecified atom stereocenters.